The van der Waals surface area contributed by atoms with Gasteiger partial charge in [-0.1, -0.05) is 91.0 Å². The number of hydrogen-bond acceptors (Lipinski definition) is 3. The summed E-state index contributed by atoms with van der Waals surface area (Å²) in [6, 6.07) is 31.7. The number of carbonyl (C=O) groups excluding carboxylic acids is 1. The molecule has 0 aliphatic carbocycles. The van der Waals surface area contributed by atoms with Crippen molar-refractivity contribution in [3.8, 4) is 0 Å². The summed E-state index contributed by atoms with van der Waals surface area (Å²) in [4.78, 5) is 14.4. The highest BCUT2D eigenvalue weighted by Gasteiger charge is 2.35. The normalized spacial score (nSPS) is 17.3. The van der Waals surface area contributed by atoms with Crippen molar-refractivity contribution in [2.24, 2.45) is 0 Å². The van der Waals surface area contributed by atoms with Gasteiger partial charge in [0, 0.05) is 19.5 Å². The second-order valence-corrected chi connectivity index (χ2v) is 7.70. The lowest BCUT2D eigenvalue weighted by atomic mass is 9.96. The highest BCUT2D eigenvalue weighted by molar-refractivity contribution is 5.71. The maximum Gasteiger partial charge on any atom is 0.306 e. The van der Waals surface area contributed by atoms with Crippen LogP contribution in [-0.4, -0.2) is 23.0 Å². The van der Waals surface area contributed by atoms with Crippen LogP contribution in [0.15, 0.2) is 91.0 Å². The lowest BCUT2D eigenvalue weighted by Gasteiger charge is -2.35. The van der Waals surface area contributed by atoms with Crippen LogP contribution in [0, 0.1) is 0 Å². The molecule has 1 fully saturated rings. The summed E-state index contributed by atoms with van der Waals surface area (Å²) in [6.07, 6.45) is 2.09. The Balaban J connectivity index is 1.64. The molecule has 1 heterocycles. The smallest absolute Gasteiger partial charge is 0.306 e. The van der Waals surface area contributed by atoms with E-state index >= 15 is 0 Å². The number of nitrogens with zero attached hydrogens (tertiary/aromatic N) is 1. The molecule has 148 valence electrons. The van der Waals surface area contributed by atoms with Crippen LogP contribution in [-0.2, 0) is 29.0 Å². The Kier molecular flexibility index (Phi) is 6.38. The first-order valence-electron chi connectivity index (χ1n) is 10.3. The molecule has 1 aliphatic rings. The van der Waals surface area contributed by atoms with Crippen LogP contribution in [0.25, 0.3) is 0 Å². The van der Waals surface area contributed by atoms with Crippen molar-refractivity contribution in [3.63, 3.8) is 0 Å². The Morgan fingerprint density at radius 1 is 0.759 bits per heavy atom. The molecule has 3 aromatic rings. The first-order chi connectivity index (χ1) is 14.3. The summed E-state index contributed by atoms with van der Waals surface area (Å²) < 4.78 is 5.77. The van der Waals surface area contributed by atoms with Crippen molar-refractivity contribution >= 4 is 5.97 Å². The predicted molar refractivity (Wildman–Crippen MR) is 115 cm³/mol. The van der Waals surface area contributed by atoms with Gasteiger partial charge in [0.15, 0.2) is 0 Å². The standard InChI is InChI=1S/C26H27NO2/c28-26-17-16-25(29-26)24(18-21-10-4-1-5-11-21)27(19-22-12-6-2-7-13-22)20-23-14-8-3-9-15-23/h1-15,24-25H,16-20H2/t24-,25-/m1/s1. The van der Waals surface area contributed by atoms with Gasteiger partial charge < -0.3 is 4.74 Å². The van der Waals surface area contributed by atoms with Crippen LogP contribution in [0.1, 0.15) is 29.5 Å². The minimum Gasteiger partial charge on any atom is -0.461 e. The van der Waals surface area contributed by atoms with Crippen LogP contribution < -0.4 is 0 Å². The van der Waals surface area contributed by atoms with Crippen molar-refractivity contribution in [3.05, 3.63) is 108 Å². The highest BCUT2D eigenvalue weighted by Crippen LogP contribution is 2.26. The predicted octanol–water partition coefficient (Wildman–Crippen LogP) is 5.01. The fraction of sp³-hybridized carbons (Fsp3) is 0.269. The fourth-order valence-corrected chi connectivity index (χ4v) is 4.10. The van der Waals surface area contributed by atoms with E-state index < -0.39 is 0 Å². The summed E-state index contributed by atoms with van der Waals surface area (Å²) >= 11 is 0. The van der Waals surface area contributed by atoms with Gasteiger partial charge in [0.25, 0.3) is 0 Å². The number of hydrogen-bond donors (Lipinski definition) is 0. The maximum atomic E-state index is 11.9. The molecule has 0 bridgehead atoms. The molecule has 4 rings (SSSR count). The van der Waals surface area contributed by atoms with Crippen LogP contribution in [0.4, 0.5) is 0 Å². The molecule has 0 amide bonds. The lowest BCUT2D eigenvalue weighted by Crippen LogP contribution is -2.44. The molecular weight excluding hydrogens is 358 g/mol. The van der Waals surface area contributed by atoms with Gasteiger partial charge in [-0.3, -0.25) is 9.69 Å². The highest BCUT2D eigenvalue weighted by atomic mass is 16.6. The number of ether oxygens (including phenoxy) is 1. The molecule has 1 aliphatic heterocycles. The number of rotatable bonds is 8. The largest absolute Gasteiger partial charge is 0.461 e. The number of esters is 1. The summed E-state index contributed by atoms with van der Waals surface area (Å²) in [7, 11) is 0. The SMILES string of the molecule is O=C1CC[C@H]([C@@H](Cc2ccccc2)N(Cc2ccccc2)Cc2ccccc2)O1. The Morgan fingerprint density at radius 2 is 1.24 bits per heavy atom. The van der Waals surface area contributed by atoms with E-state index in [4.69, 9.17) is 4.74 Å². The molecule has 1 saturated heterocycles. The van der Waals surface area contributed by atoms with Gasteiger partial charge in [0.2, 0.25) is 0 Å². The van der Waals surface area contributed by atoms with Gasteiger partial charge in [0.05, 0.1) is 6.04 Å². The number of carbonyl (C=O) groups is 1. The molecule has 0 radical (unpaired) electrons. The van der Waals surface area contributed by atoms with Gasteiger partial charge in [-0.2, -0.15) is 0 Å². The van der Waals surface area contributed by atoms with Gasteiger partial charge >= 0.3 is 5.97 Å². The minimum atomic E-state index is -0.0765. The van der Waals surface area contributed by atoms with Gasteiger partial charge in [0.1, 0.15) is 6.10 Å². The molecule has 0 aromatic heterocycles. The summed E-state index contributed by atoms with van der Waals surface area (Å²) in [5, 5.41) is 0. The van der Waals surface area contributed by atoms with E-state index in [-0.39, 0.29) is 18.1 Å². The number of cyclic esters (lactones) is 1. The van der Waals surface area contributed by atoms with Crippen LogP contribution in [0.5, 0.6) is 0 Å². The van der Waals surface area contributed by atoms with Crippen LogP contribution in [0.3, 0.4) is 0 Å². The first-order valence-corrected chi connectivity index (χ1v) is 10.3. The first kappa shape index (κ1) is 19.4. The van der Waals surface area contributed by atoms with Crippen molar-refractivity contribution < 1.29 is 9.53 Å². The quantitative estimate of drug-likeness (QED) is 0.511. The Hall–Kier alpha value is -2.91. The van der Waals surface area contributed by atoms with E-state index in [9.17, 15) is 4.79 Å². The van der Waals surface area contributed by atoms with Gasteiger partial charge in [-0.05, 0) is 29.5 Å². The Bertz CT molecular complexity index is 854. The van der Waals surface area contributed by atoms with E-state index in [1.807, 2.05) is 18.2 Å². The molecule has 2 atom stereocenters. The van der Waals surface area contributed by atoms with Crippen LogP contribution in [0.2, 0.25) is 0 Å². The lowest BCUT2D eigenvalue weighted by molar-refractivity contribution is -0.144. The molecular formula is C26H27NO2. The molecule has 3 aromatic carbocycles. The summed E-state index contributed by atoms with van der Waals surface area (Å²) in [6.45, 7) is 1.64. The van der Waals surface area contributed by atoms with Gasteiger partial charge in [-0.25, -0.2) is 0 Å². The zero-order valence-corrected chi connectivity index (χ0v) is 16.6. The van der Waals surface area contributed by atoms with Crippen molar-refractivity contribution in [2.45, 2.75) is 44.5 Å². The van der Waals surface area contributed by atoms with E-state index in [1.54, 1.807) is 0 Å². The van der Waals surface area contributed by atoms with Crippen molar-refractivity contribution in [1.82, 2.24) is 4.90 Å². The fourth-order valence-electron chi connectivity index (χ4n) is 4.10. The average Bonchev–Trinajstić information content (AvgIpc) is 3.20. The number of benzene rings is 3. The minimum absolute atomic E-state index is 0.0740. The van der Waals surface area contributed by atoms with Gasteiger partial charge in [-0.15, -0.1) is 0 Å². The van der Waals surface area contributed by atoms with E-state index in [0.29, 0.717) is 6.42 Å². The molecule has 0 N–H and O–H groups in total. The third-order valence-electron chi connectivity index (χ3n) is 5.56. The molecule has 3 heteroatoms. The molecule has 29 heavy (non-hydrogen) atoms. The second kappa shape index (κ2) is 9.53. The van der Waals surface area contributed by atoms with E-state index in [0.717, 1.165) is 25.9 Å². The Morgan fingerprint density at radius 3 is 1.69 bits per heavy atom. The zero-order valence-electron chi connectivity index (χ0n) is 16.6. The third-order valence-corrected chi connectivity index (χ3v) is 5.56. The second-order valence-electron chi connectivity index (χ2n) is 7.70. The maximum absolute atomic E-state index is 11.9. The van der Waals surface area contributed by atoms with E-state index in [2.05, 4.69) is 77.7 Å². The van der Waals surface area contributed by atoms with Crippen LogP contribution >= 0.6 is 0 Å². The summed E-state index contributed by atoms with van der Waals surface area (Å²) in [5.41, 5.74) is 3.81. The van der Waals surface area contributed by atoms with Crippen molar-refractivity contribution in [2.75, 3.05) is 0 Å². The zero-order chi connectivity index (χ0) is 19.9. The monoisotopic (exact) mass is 385 g/mol. The average molecular weight is 386 g/mol. The molecule has 0 spiro atoms. The van der Waals surface area contributed by atoms with E-state index in [1.165, 1.54) is 16.7 Å². The molecule has 3 nitrogen and oxygen atoms in total. The third kappa shape index (κ3) is 5.33. The summed E-state index contributed by atoms with van der Waals surface area (Å²) in [5.74, 6) is -0.0765. The Labute approximate surface area is 172 Å². The molecule has 0 unspecified atom stereocenters. The topological polar surface area (TPSA) is 29.5 Å². The van der Waals surface area contributed by atoms with Crippen molar-refractivity contribution in [1.29, 1.82) is 0 Å². The molecule has 0 saturated carbocycles.